The van der Waals surface area contributed by atoms with Crippen molar-refractivity contribution in [2.24, 2.45) is 0 Å². The summed E-state index contributed by atoms with van der Waals surface area (Å²) in [5, 5.41) is 5.54. The Labute approximate surface area is 267 Å². The summed E-state index contributed by atoms with van der Waals surface area (Å²) < 4.78 is 76.0. The molecule has 5 rings (SSSR count). The molecular weight excluding hydrogens is 659 g/mol. The molecule has 0 N–H and O–H groups in total. The van der Waals surface area contributed by atoms with Crippen LogP contribution in [0.25, 0.3) is 0 Å². The van der Waals surface area contributed by atoms with E-state index in [2.05, 4.69) is 133 Å². The predicted octanol–water partition coefficient (Wildman–Crippen LogP) is 10.3. The van der Waals surface area contributed by atoms with Gasteiger partial charge in [-0.2, -0.15) is 0 Å². The quantitative estimate of drug-likeness (QED) is 0.0818. The Morgan fingerprint density at radius 2 is 0.636 bits per heavy atom. The minimum Gasteiger partial charge on any atom is -0.438 e. The summed E-state index contributed by atoms with van der Waals surface area (Å²) in [6.07, 6.45) is -8.30. The third-order valence-electron chi connectivity index (χ3n) is 6.25. The molecule has 4 aromatic rings. The van der Waals surface area contributed by atoms with Crippen molar-refractivity contribution in [2.45, 2.75) is 44.5 Å². The smallest absolute Gasteiger partial charge is 0.307 e. The van der Waals surface area contributed by atoms with Gasteiger partial charge in [0.1, 0.15) is 0 Å². The molecule has 0 aliphatic heterocycles. The first-order valence-corrected chi connectivity index (χ1v) is 16.5. The van der Waals surface area contributed by atoms with Crippen molar-refractivity contribution >= 4 is 37.1 Å². The Kier molecular flexibility index (Phi) is 16.4. The van der Waals surface area contributed by atoms with Crippen LogP contribution >= 0.6 is 15.8 Å². The second-order valence-electron chi connectivity index (χ2n) is 9.46. The summed E-state index contributed by atoms with van der Waals surface area (Å²) in [5.74, 6) is 4.90. The van der Waals surface area contributed by atoms with Gasteiger partial charge in [-0.3, -0.25) is 0 Å². The van der Waals surface area contributed by atoms with Crippen LogP contribution in [0.3, 0.4) is 0 Å². The fourth-order valence-electron chi connectivity index (χ4n) is 4.17. The molecule has 10 heteroatoms. The van der Waals surface area contributed by atoms with Crippen molar-refractivity contribution in [3.63, 3.8) is 0 Å². The van der Waals surface area contributed by atoms with E-state index in [4.69, 9.17) is 0 Å². The number of alkyl halides is 6. The maximum Gasteiger partial charge on any atom is 0.307 e. The molecule has 0 nitrogen and oxygen atoms in total. The van der Waals surface area contributed by atoms with E-state index in [0.717, 1.165) is 0 Å². The summed E-state index contributed by atoms with van der Waals surface area (Å²) in [6, 6.07) is 43.4. The summed E-state index contributed by atoms with van der Waals surface area (Å²) >= 11 is 0. The zero-order chi connectivity index (χ0) is 31.1. The van der Waals surface area contributed by atoms with Gasteiger partial charge in [-0.05, 0) is 37.1 Å². The van der Waals surface area contributed by atoms with Crippen molar-refractivity contribution in [1.82, 2.24) is 0 Å². The van der Waals surface area contributed by atoms with Gasteiger partial charge < -0.3 is 4.39 Å². The maximum absolute atomic E-state index is 11.1. The molecule has 0 bridgehead atoms. The van der Waals surface area contributed by atoms with Gasteiger partial charge in [0.05, 0.1) is 0 Å². The van der Waals surface area contributed by atoms with Crippen LogP contribution in [0.4, 0.5) is 30.7 Å². The molecule has 1 aliphatic carbocycles. The van der Waals surface area contributed by atoms with Crippen LogP contribution < -0.4 is 21.2 Å². The van der Waals surface area contributed by atoms with E-state index in [0.29, 0.717) is 0 Å². The van der Waals surface area contributed by atoms with Crippen LogP contribution in [0.5, 0.6) is 0 Å². The summed E-state index contributed by atoms with van der Waals surface area (Å²) in [6.45, 7) is 0. The third kappa shape index (κ3) is 12.9. The molecular formula is C34H32F7FeP2-. The van der Waals surface area contributed by atoms with Gasteiger partial charge >= 0.3 is 12.4 Å². The molecule has 0 atom stereocenters. The minimum atomic E-state index is -5.93. The molecule has 1 saturated carbocycles. The van der Waals surface area contributed by atoms with Crippen molar-refractivity contribution in [3.8, 4) is 0 Å². The molecule has 1 aliphatic rings. The molecule has 0 radical (unpaired) electrons. The van der Waals surface area contributed by atoms with Crippen molar-refractivity contribution < 1.29 is 47.8 Å². The average Bonchev–Trinajstić information content (AvgIpc) is 3.61. The molecule has 1 fully saturated rings. The molecule has 0 amide bonds. The van der Waals surface area contributed by atoms with E-state index >= 15 is 0 Å². The normalized spacial score (nSPS) is 13.2. The van der Waals surface area contributed by atoms with E-state index in [1.807, 2.05) is 0 Å². The van der Waals surface area contributed by atoms with Crippen LogP contribution in [0, 0.1) is 6.17 Å². The largest absolute Gasteiger partial charge is 0.438 e. The van der Waals surface area contributed by atoms with Crippen molar-refractivity contribution in [1.29, 1.82) is 0 Å². The third-order valence-corrected chi connectivity index (χ3v) is 10.8. The Bertz CT molecular complexity index is 1140. The number of hydrogen-bond acceptors (Lipinski definition) is 0. The van der Waals surface area contributed by atoms with Crippen LogP contribution in [0.15, 0.2) is 133 Å². The predicted molar refractivity (Wildman–Crippen MR) is 167 cm³/mol. The number of benzene rings is 4. The van der Waals surface area contributed by atoms with E-state index < -0.39 is 34.4 Å². The monoisotopic (exact) mass is 691 g/mol. The summed E-state index contributed by atoms with van der Waals surface area (Å²) in [4.78, 5) is 0. The SMILES string of the molecule is C(=C/P(c1ccccc1)c1ccccc1)/P(c1ccccc1)c1ccccc1.C1CCCC1.F[C-](C(F)(F)F)C(F)(F)F.[Fe]. The molecule has 0 aromatic heterocycles. The van der Waals surface area contributed by atoms with Crippen LogP contribution in [-0.2, 0) is 17.1 Å². The number of halogens is 7. The standard InChI is InChI=1S/C26H22P2.C5H10.C3F7.Fe/c1-5-13-23(14-6-1)27(24-15-7-2-8-16-24)21-22-28(25-17-9-3-10-18-25)26-19-11-4-12-20-26;1-2-4-5-3-1;4-1(2(5,6)7)3(8,9)10;/h1-22H;1-5H2;;/q;;-1;/b22-21-;;;. The zero-order valence-corrected chi connectivity index (χ0v) is 26.5. The van der Waals surface area contributed by atoms with E-state index in [1.165, 1.54) is 53.3 Å². The van der Waals surface area contributed by atoms with Gasteiger partial charge in [-0.25, -0.2) is 26.3 Å². The first-order chi connectivity index (χ1) is 20.6. The fourth-order valence-corrected chi connectivity index (χ4v) is 8.50. The molecule has 236 valence electrons. The Morgan fingerprint density at radius 1 is 0.432 bits per heavy atom. The number of rotatable bonds is 6. The number of hydrogen-bond donors (Lipinski definition) is 0. The second-order valence-corrected chi connectivity index (χ2v) is 13.6. The maximum atomic E-state index is 11.1. The molecule has 44 heavy (non-hydrogen) atoms. The molecule has 4 aromatic carbocycles. The van der Waals surface area contributed by atoms with Gasteiger partial charge in [0.25, 0.3) is 0 Å². The van der Waals surface area contributed by atoms with Crippen molar-refractivity contribution in [2.75, 3.05) is 0 Å². The van der Waals surface area contributed by atoms with Crippen LogP contribution in [0.1, 0.15) is 32.1 Å². The van der Waals surface area contributed by atoms with Crippen LogP contribution in [0.2, 0.25) is 0 Å². The molecule has 0 unspecified atom stereocenters. The Hall–Kier alpha value is -2.49. The van der Waals surface area contributed by atoms with E-state index in [9.17, 15) is 30.7 Å². The molecule has 0 saturated heterocycles. The van der Waals surface area contributed by atoms with E-state index in [-0.39, 0.29) is 17.1 Å². The van der Waals surface area contributed by atoms with Crippen LogP contribution in [-0.4, -0.2) is 12.4 Å². The Morgan fingerprint density at radius 3 is 0.795 bits per heavy atom. The summed E-state index contributed by atoms with van der Waals surface area (Å²) in [5.41, 5.74) is 0. The van der Waals surface area contributed by atoms with Gasteiger partial charge in [0.15, 0.2) is 0 Å². The molecule has 0 heterocycles. The minimum absolute atomic E-state index is 0. The first kappa shape index (κ1) is 37.7. The molecule has 0 spiro atoms. The van der Waals surface area contributed by atoms with Crippen molar-refractivity contribution in [3.05, 3.63) is 139 Å². The van der Waals surface area contributed by atoms with Gasteiger partial charge in [0, 0.05) is 23.2 Å². The second kappa shape index (κ2) is 19.1. The van der Waals surface area contributed by atoms with E-state index in [1.54, 1.807) is 0 Å². The zero-order valence-electron chi connectivity index (χ0n) is 23.6. The summed E-state index contributed by atoms with van der Waals surface area (Å²) in [7, 11) is -1.06. The first-order valence-electron chi connectivity index (χ1n) is 13.7. The van der Waals surface area contributed by atoms with Gasteiger partial charge in [0.2, 0.25) is 0 Å². The Balaban J connectivity index is 0.000000350. The average molecular weight is 691 g/mol. The van der Waals surface area contributed by atoms with Gasteiger partial charge in [-0.1, -0.05) is 165 Å². The van der Waals surface area contributed by atoms with Gasteiger partial charge in [-0.15, -0.1) is 0 Å². The fraction of sp³-hybridized carbons (Fsp3) is 0.206. The topological polar surface area (TPSA) is 0 Å².